The molecule has 0 radical (unpaired) electrons. The van der Waals surface area contributed by atoms with Gasteiger partial charge in [0.05, 0.1) is 6.61 Å². The summed E-state index contributed by atoms with van der Waals surface area (Å²) in [5.41, 5.74) is 5.48. The van der Waals surface area contributed by atoms with Crippen LogP contribution in [0.2, 0.25) is 0 Å². The molecule has 0 unspecified atom stereocenters. The Morgan fingerprint density at radius 3 is 2.80 bits per heavy atom. The average molecular weight is 251 g/mol. The first-order chi connectivity index (χ1) is 6.96. The Balaban J connectivity index is 2.90. The molecule has 0 saturated heterocycles. The molecule has 6 nitrogen and oxygen atoms in total. The Hall–Kier alpha value is -0.860. The summed E-state index contributed by atoms with van der Waals surface area (Å²) in [7, 11) is -1.77. The van der Waals surface area contributed by atoms with E-state index in [-0.39, 0.29) is 10.7 Å². The standard InChI is InChI=1S/C7H13N3O3S2/c1-13-4-3-9-7-5(15(2,11)12)6(8)10-14-7/h9H,3-4H2,1-2H3,(H2,8,10). The Kier molecular flexibility index (Phi) is 3.89. The summed E-state index contributed by atoms with van der Waals surface area (Å²) in [5, 5.41) is 3.38. The van der Waals surface area contributed by atoms with Gasteiger partial charge in [-0.1, -0.05) is 0 Å². The number of ether oxygens (including phenoxy) is 1. The van der Waals surface area contributed by atoms with E-state index in [0.29, 0.717) is 18.2 Å². The van der Waals surface area contributed by atoms with Crippen LogP contribution in [0.1, 0.15) is 0 Å². The molecular weight excluding hydrogens is 238 g/mol. The van der Waals surface area contributed by atoms with Crippen molar-refractivity contribution >= 4 is 32.2 Å². The minimum atomic E-state index is -3.34. The van der Waals surface area contributed by atoms with Gasteiger partial charge < -0.3 is 15.8 Å². The molecule has 15 heavy (non-hydrogen) atoms. The van der Waals surface area contributed by atoms with Crippen molar-refractivity contribution in [1.29, 1.82) is 0 Å². The molecule has 3 N–H and O–H groups in total. The number of nitrogens with one attached hydrogen (secondary N) is 1. The number of rotatable bonds is 5. The van der Waals surface area contributed by atoms with Gasteiger partial charge in [-0.05, 0) is 11.5 Å². The lowest BCUT2D eigenvalue weighted by atomic mass is 10.6. The van der Waals surface area contributed by atoms with Crippen molar-refractivity contribution < 1.29 is 13.2 Å². The van der Waals surface area contributed by atoms with Gasteiger partial charge in [-0.3, -0.25) is 0 Å². The van der Waals surface area contributed by atoms with Crippen molar-refractivity contribution in [2.75, 3.05) is 37.6 Å². The van der Waals surface area contributed by atoms with Gasteiger partial charge in [-0.15, -0.1) is 0 Å². The highest BCUT2D eigenvalue weighted by atomic mass is 32.2. The molecule has 0 spiro atoms. The predicted molar refractivity (Wildman–Crippen MR) is 60.0 cm³/mol. The summed E-state index contributed by atoms with van der Waals surface area (Å²) >= 11 is 1.03. The third-order valence-electron chi connectivity index (χ3n) is 1.64. The fourth-order valence-corrected chi connectivity index (χ4v) is 3.12. The molecule has 8 heteroatoms. The van der Waals surface area contributed by atoms with Gasteiger partial charge in [0.1, 0.15) is 9.90 Å². The largest absolute Gasteiger partial charge is 0.383 e. The van der Waals surface area contributed by atoms with Crippen LogP contribution in [-0.4, -0.2) is 39.3 Å². The molecule has 0 fully saturated rings. The smallest absolute Gasteiger partial charge is 0.182 e. The quantitative estimate of drug-likeness (QED) is 0.725. The van der Waals surface area contributed by atoms with Crippen LogP contribution in [0.15, 0.2) is 4.90 Å². The first-order valence-electron chi connectivity index (χ1n) is 4.15. The Bertz CT molecular complexity index is 427. The van der Waals surface area contributed by atoms with Crippen LogP contribution in [0.25, 0.3) is 0 Å². The van der Waals surface area contributed by atoms with E-state index in [1.54, 1.807) is 7.11 Å². The number of hydrogen-bond donors (Lipinski definition) is 2. The maximum absolute atomic E-state index is 11.4. The molecule has 1 rings (SSSR count). The average Bonchev–Trinajstić information content (AvgIpc) is 2.47. The zero-order valence-electron chi connectivity index (χ0n) is 8.48. The van der Waals surface area contributed by atoms with Crippen LogP contribution in [-0.2, 0) is 14.6 Å². The predicted octanol–water partition coefficient (Wildman–Crippen LogP) is 0.187. The summed E-state index contributed by atoms with van der Waals surface area (Å²) in [6.07, 6.45) is 1.11. The molecule has 0 aliphatic carbocycles. The summed E-state index contributed by atoms with van der Waals surface area (Å²) in [5.74, 6) is 0.0439. The minimum Gasteiger partial charge on any atom is -0.383 e. The number of anilines is 2. The van der Waals surface area contributed by atoms with Gasteiger partial charge in [-0.25, -0.2) is 8.42 Å². The first kappa shape index (κ1) is 12.2. The first-order valence-corrected chi connectivity index (χ1v) is 6.81. The molecule has 0 bridgehead atoms. The number of methoxy groups -OCH3 is 1. The highest BCUT2D eigenvalue weighted by Crippen LogP contribution is 2.30. The molecule has 1 heterocycles. The van der Waals surface area contributed by atoms with Gasteiger partial charge >= 0.3 is 0 Å². The Morgan fingerprint density at radius 1 is 1.60 bits per heavy atom. The van der Waals surface area contributed by atoms with Crippen molar-refractivity contribution in [2.45, 2.75) is 4.90 Å². The van der Waals surface area contributed by atoms with E-state index in [1.807, 2.05) is 0 Å². The minimum absolute atomic E-state index is 0.0439. The van der Waals surface area contributed by atoms with Crippen LogP contribution in [0.4, 0.5) is 10.8 Å². The van der Waals surface area contributed by atoms with Gasteiger partial charge in [0.25, 0.3) is 0 Å². The van der Waals surface area contributed by atoms with Crippen LogP contribution in [0.3, 0.4) is 0 Å². The van der Waals surface area contributed by atoms with Crippen molar-refractivity contribution in [3.05, 3.63) is 0 Å². The molecule has 0 aliphatic rings. The van der Waals surface area contributed by atoms with Crippen molar-refractivity contribution in [3.63, 3.8) is 0 Å². The molecule has 1 aromatic rings. The van der Waals surface area contributed by atoms with Crippen molar-refractivity contribution in [3.8, 4) is 0 Å². The van der Waals surface area contributed by atoms with E-state index < -0.39 is 9.84 Å². The highest BCUT2D eigenvalue weighted by Gasteiger charge is 2.20. The zero-order chi connectivity index (χ0) is 11.5. The SMILES string of the molecule is COCCNc1snc(N)c1S(C)(=O)=O. The number of nitrogen functional groups attached to an aromatic ring is 1. The van der Waals surface area contributed by atoms with Crippen LogP contribution in [0.5, 0.6) is 0 Å². The molecule has 0 atom stereocenters. The molecule has 86 valence electrons. The molecule has 0 saturated carbocycles. The maximum atomic E-state index is 11.4. The molecular formula is C7H13N3O3S2. The van der Waals surface area contributed by atoms with Crippen molar-refractivity contribution in [2.24, 2.45) is 0 Å². The second-order valence-corrected chi connectivity index (χ2v) is 5.64. The van der Waals surface area contributed by atoms with E-state index in [9.17, 15) is 8.42 Å². The lowest BCUT2D eigenvalue weighted by molar-refractivity contribution is 0.211. The molecule has 1 aromatic heterocycles. The van der Waals surface area contributed by atoms with Crippen LogP contribution in [0, 0.1) is 0 Å². The van der Waals surface area contributed by atoms with Gasteiger partial charge in [0.15, 0.2) is 15.7 Å². The van der Waals surface area contributed by atoms with Gasteiger partial charge in [-0.2, -0.15) is 4.37 Å². The third kappa shape index (κ3) is 3.05. The molecule has 0 amide bonds. The van der Waals surface area contributed by atoms with E-state index >= 15 is 0 Å². The Morgan fingerprint density at radius 2 is 2.27 bits per heavy atom. The number of nitrogens with two attached hydrogens (primary N) is 1. The van der Waals surface area contributed by atoms with Crippen LogP contribution < -0.4 is 11.1 Å². The third-order valence-corrected chi connectivity index (χ3v) is 3.74. The summed E-state index contributed by atoms with van der Waals surface area (Å²) in [6, 6.07) is 0. The van der Waals surface area contributed by atoms with E-state index in [4.69, 9.17) is 10.5 Å². The number of sulfone groups is 1. The second kappa shape index (κ2) is 4.77. The maximum Gasteiger partial charge on any atom is 0.182 e. The summed E-state index contributed by atoms with van der Waals surface area (Å²) < 4.78 is 31.4. The zero-order valence-corrected chi connectivity index (χ0v) is 10.1. The number of hydrogen-bond acceptors (Lipinski definition) is 7. The molecule has 0 aromatic carbocycles. The van der Waals surface area contributed by atoms with Crippen LogP contribution >= 0.6 is 11.5 Å². The fourth-order valence-electron chi connectivity index (χ4n) is 1.03. The lowest BCUT2D eigenvalue weighted by Gasteiger charge is -2.04. The fraction of sp³-hybridized carbons (Fsp3) is 0.571. The topological polar surface area (TPSA) is 94.3 Å². The van der Waals surface area contributed by atoms with E-state index in [2.05, 4.69) is 9.69 Å². The number of aromatic nitrogens is 1. The lowest BCUT2D eigenvalue weighted by Crippen LogP contribution is -2.10. The van der Waals surface area contributed by atoms with E-state index in [1.165, 1.54) is 0 Å². The van der Waals surface area contributed by atoms with E-state index in [0.717, 1.165) is 17.8 Å². The normalized spacial score (nSPS) is 11.6. The van der Waals surface area contributed by atoms with Crippen molar-refractivity contribution in [1.82, 2.24) is 4.37 Å². The van der Waals surface area contributed by atoms with Gasteiger partial charge in [0.2, 0.25) is 0 Å². The second-order valence-electron chi connectivity index (χ2n) is 2.92. The van der Waals surface area contributed by atoms with Gasteiger partial charge in [0, 0.05) is 19.9 Å². The summed E-state index contributed by atoms with van der Waals surface area (Å²) in [4.78, 5) is 0.0728. The summed E-state index contributed by atoms with van der Waals surface area (Å²) in [6.45, 7) is 1.00. The highest BCUT2D eigenvalue weighted by molar-refractivity contribution is 7.91. The monoisotopic (exact) mass is 251 g/mol. The Labute approximate surface area is 92.5 Å². The molecule has 0 aliphatic heterocycles. The number of nitrogens with zero attached hydrogens (tertiary/aromatic N) is 1.